The lowest BCUT2D eigenvalue weighted by Crippen LogP contribution is -2.44. The lowest BCUT2D eigenvalue weighted by molar-refractivity contribution is 0.100. The highest BCUT2D eigenvalue weighted by molar-refractivity contribution is 6.60. The predicted molar refractivity (Wildman–Crippen MR) is 74.1 cm³/mol. The number of nitrogens with one attached hydrogen (secondary N) is 1. The van der Waals surface area contributed by atoms with E-state index in [0.717, 1.165) is 6.42 Å². The van der Waals surface area contributed by atoms with Gasteiger partial charge in [-0.2, -0.15) is 0 Å². The summed E-state index contributed by atoms with van der Waals surface area (Å²) in [6.07, 6.45) is 2.83. The first-order valence-electron chi connectivity index (χ1n) is 6.03. The van der Waals surface area contributed by atoms with Gasteiger partial charge in [0, 0.05) is 26.9 Å². The Hall–Kier alpha value is -1.01. The highest BCUT2D eigenvalue weighted by Gasteiger charge is 2.37. The zero-order chi connectivity index (χ0) is 13.3. The van der Waals surface area contributed by atoms with Gasteiger partial charge in [0.25, 0.3) is 0 Å². The molecule has 4 nitrogen and oxygen atoms in total. The number of benzene rings is 1. The van der Waals surface area contributed by atoms with Gasteiger partial charge in [0.05, 0.1) is 0 Å². The summed E-state index contributed by atoms with van der Waals surface area (Å²) < 4.78 is 16.7. The standard InChI is InChI=1S/C13H21NO3Si/c1-15-18(16-2,12-6-10-14)17-11-9-13-7-4-3-5-8-13/h3-5,7-8,10,14H,6,9,11-12H2,1-2H3. The monoisotopic (exact) mass is 267 g/mol. The summed E-state index contributed by atoms with van der Waals surface area (Å²) in [4.78, 5) is 0. The fourth-order valence-corrected chi connectivity index (χ4v) is 3.56. The van der Waals surface area contributed by atoms with E-state index >= 15 is 0 Å². The first kappa shape index (κ1) is 15.0. The van der Waals surface area contributed by atoms with Crippen LogP contribution in [0.4, 0.5) is 0 Å². The second kappa shape index (κ2) is 8.15. The zero-order valence-corrected chi connectivity index (χ0v) is 12.0. The summed E-state index contributed by atoms with van der Waals surface area (Å²) >= 11 is 0. The molecule has 0 atom stereocenters. The van der Waals surface area contributed by atoms with Crippen molar-refractivity contribution in [2.45, 2.75) is 18.9 Å². The molecule has 0 aliphatic heterocycles. The van der Waals surface area contributed by atoms with Crippen molar-refractivity contribution in [2.24, 2.45) is 0 Å². The Bertz CT molecular complexity index is 341. The molecule has 0 fully saturated rings. The van der Waals surface area contributed by atoms with Crippen LogP contribution in [0.3, 0.4) is 0 Å². The summed E-state index contributed by atoms with van der Waals surface area (Å²) in [6.45, 7) is 0.579. The molecule has 18 heavy (non-hydrogen) atoms. The van der Waals surface area contributed by atoms with Gasteiger partial charge in [-0.25, -0.2) is 0 Å². The van der Waals surface area contributed by atoms with E-state index in [2.05, 4.69) is 12.1 Å². The van der Waals surface area contributed by atoms with Gasteiger partial charge >= 0.3 is 8.80 Å². The van der Waals surface area contributed by atoms with Crippen LogP contribution in [0.2, 0.25) is 6.04 Å². The minimum atomic E-state index is -2.57. The van der Waals surface area contributed by atoms with Crippen molar-refractivity contribution >= 4 is 15.0 Å². The largest absolute Gasteiger partial charge is 0.500 e. The molecular formula is C13H21NO3Si. The van der Waals surface area contributed by atoms with Gasteiger partial charge in [-0.1, -0.05) is 30.3 Å². The molecule has 5 heteroatoms. The third-order valence-corrected chi connectivity index (χ3v) is 5.56. The molecule has 0 amide bonds. The molecule has 0 unspecified atom stereocenters. The van der Waals surface area contributed by atoms with Gasteiger partial charge in [0.15, 0.2) is 0 Å². The SMILES string of the molecule is CO[Si](CCC=N)(OC)OCCc1ccccc1. The topological polar surface area (TPSA) is 51.5 Å². The van der Waals surface area contributed by atoms with E-state index in [0.29, 0.717) is 19.1 Å². The Morgan fingerprint density at radius 2 is 1.83 bits per heavy atom. The number of hydrogen-bond acceptors (Lipinski definition) is 4. The summed E-state index contributed by atoms with van der Waals surface area (Å²) in [5.41, 5.74) is 1.24. The molecule has 1 aromatic rings. The third-order valence-electron chi connectivity index (χ3n) is 2.77. The highest BCUT2D eigenvalue weighted by atomic mass is 28.4. The molecule has 0 radical (unpaired) electrons. The smallest absolute Gasteiger partial charge is 0.377 e. The molecular weight excluding hydrogens is 246 g/mol. The average molecular weight is 267 g/mol. The molecule has 1 rings (SSSR count). The van der Waals surface area contributed by atoms with E-state index in [1.807, 2.05) is 18.2 Å². The van der Waals surface area contributed by atoms with Crippen LogP contribution in [0.15, 0.2) is 30.3 Å². The van der Waals surface area contributed by atoms with Crippen molar-refractivity contribution in [3.8, 4) is 0 Å². The molecule has 0 saturated heterocycles. The van der Waals surface area contributed by atoms with E-state index in [4.69, 9.17) is 18.7 Å². The lowest BCUT2D eigenvalue weighted by atomic mass is 10.2. The molecule has 0 bridgehead atoms. The number of hydrogen-bond donors (Lipinski definition) is 1. The minimum absolute atomic E-state index is 0.579. The molecule has 0 spiro atoms. The van der Waals surface area contributed by atoms with Gasteiger partial charge in [0.1, 0.15) is 0 Å². The van der Waals surface area contributed by atoms with E-state index in [1.54, 1.807) is 14.2 Å². The summed E-state index contributed by atoms with van der Waals surface area (Å²) in [5.74, 6) is 0. The van der Waals surface area contributed by atoms with Gasteiger partial charge in [0.2, 0.25) is 0 Å². The van der Waals surface area contributed by atoms with E-state index in [9.17, 15) is 0 Å². The second-order valence-electron chi connectivity index (χ2n) is 3.92. The van der Waals surface area contributed by atoms with Crippen molar-refractivity contribution in [1.29, 1.82) is 5.41 Å². The van der Waals surface area contributed by atoms with E-state index in [-0.39, 0.29) is 0 Å². The van der Waals surface area contributed by atoms with Gasteiger partial charge < -0.3 is 18.7 Å². The van der Waals surface area contributed by atoms with Crippen molar-refractivity contribution in [1.82, 2.24) is 0 Å². The maximum Gasteiger partial charge on any atom is 0.500 e. The van der Waals surface area contributed by atoms with Crippen LogP contribution in [0.1, 0.15) is 12.0 Å². The van der Waals surface area contributed by atoms with Crippen LogP contribution in [0, 0.1) is 5.41 Å². The maximum atomic E-state index is 7.07. The zero-order valence-electron chi connectivity index (χ0n) is 11.0. The van der Waals surface area contributed by atoms with E-state index < -0.39 is 8.80 Å². The van der Waals surface area contributed by atoms with Gasteiger partial charge in [-0.05, 0) is 24.6 Å². The molecule has 1 aromatic carbocycles. The Morgan fingerprint density at radius 1 is 1.17 bits per heavy atom. The minimum Gasteiger partial charge on any atom is -0.377 e. The maximum absolute atomic E-state index is 7.07. The van der Waals surface area contributed by atoms with E-state index in [1.165, 1.54) is 11.8 Å². The van der Waals surface area contributed by atoms with Crippen LogP contribution < -0.4 is 0 Å². The first-order valence-corrected chi connectivity index (χ1v) is 7.96. The Labute approximate surface area is 110 Å². The molecule has 1 N–H and O–H groups in total. The van der Waals surface area contributed by atoms with Crippen LogP contribution in [-0.2, 0) is 19.7 Å². The summed E-state index contributed by atoms with van der Waals surface area (Å²) in [7, 11) is 0.657. The Balaban J connectivity index is 2.44. The van der Waals surface area contributed by atoms with Crippen LogP contribution in [-0.4, -0.2) is 35.8 Å². The van der Waals surface area contributed by atoms with Crippen molar-refractivity contribution in [3.05, 3.63) is 35.9 Å². The van der Waals surface area contributed by atoms with Crippen LogP contribution in [0.5, 0.6) is 0 Å². The molecule has 0 saturated carbocycles. The summed E-state index contributed by atoms with van der Waals surface area (Å²) in [5, 5.41) is 7.07. The fourth-order valence-electron chi connectivity index (χ4n) is 1.70. The molecule has 0 aliphatic rings. The molecule has 0 aliphatic carbocycles. The van der Waals surface area contributed by atoms with Gasteiger partial charge in [-0.15, -0.1) is 0 Å². The fraction of sp³-hybridized carbons (Fsp3) is 0.462. The van der Waals surface area contributed by atoms with Gasteiger partial charge in [-0.3, -0.25) is 0 Å². The van der Waals surface area contributed by atoms with Crippen molar-refractivity contribution in [3.63, 3.8) is 0 Å². The quantitative estimate of drug-likeness (QED) is 0.552. The summed E-state index contributed by atoms with van der Waals surface area (Å²) in [6, 6.07) is 10.8. The molecule has 0 aromatic heterocycles. The van der Waals surface area contributed by atoms with Crippen LogP contribution >= 0.6 is 0 Å². The van der Waals surface area contributed by atoms with Crippen LogP contribution in [0.25, 0.3) is 0 Å². The Kier molecular flexibility index (Phi) is 6.81. The average Bonchev–Trinajstić information content (AvgIpc) is 2.44. The number of rotatable bonds is 9. The Morgan fingerprint density at radius 3 is 2.39 bits per heavy atom. The molecule has 0 heterocycles. The van der Waals surface area contributed by atoms with Crippen molar-refractivity contribution in [2.75, 3.05) is 20.8 Å². The lowest BCUT2D eigenvalue weighted by Gasteiger charge is -2.25. The predicted octanol–water partition coefficient (Wildman–Crippen LogP) is 2.52. The third kappa shape index (κ3) is 4.70. The highest BCUT2D eigenvalue weighted by Crippen LogP contribution is 2.16. The van der Waals surface area contributed by atoms with Crippen molar-refractivity contribution < 1.29 is 13.3 Å². The second-order valence-corrected chi connectivity index (χ2v) is 6.89. The first-order chi connectivity index (χ1) is 8.76. The normalized spacial score (nSPS) is 11.4. The molecule has 100 valence electrons.